The van der Waals surface area contributed by atoms with Crippen LogP contribution in [0, 0.1) is 0 Å². The van der Waals surface area contributed by atoms with Gasteiger partial charge in [-0.1, -0.05) is 35.9 Å². The molecule has 3 rings (SSSR count). The molecule has 2 aromatic carbocycles. The van der Waals surface area contributed by atoms with Crippen LogP contribution < -0.4 is 0 Å². The van der Waals surface area contributed by atoms with Gasteiger partial charge in [0.1, 0.15) is 4.90 Å². The summed E-state index contributed by atoms with van der Waals surface area (Å²) in [6.45, 7) is 0. The fourth-order valence-corrected chi connectivity index (χ4v) is 3.61. The SMILES string of the molecule is O=C1c2ccccc2C(=O)c2c1ccc(Cl)c2S(=O)(=O)O. The quantitative estimate of drug-likeness (QED) is 0.695. The summed E-state index contributed by atoms with van der Waals surface area (Å²) >= 11 is 5.78. The summed E-state index contributed by atoms with van der Waals surface area (Å²) in [6, 6.07) is 8.53. The first-order chi connectivity index (χ1) is 9.82. The van der Waals surface area contributed by atoms with Gasteiger partial charge < -0.3 is 0 Å². The highest BCUT2D eigenvalue weighted by atomic mass is 35.5. The second-order valence-corrected chi connectivity index (χ2v) is 6.24. The number of carbonyl (C=O) groups excluding carboxylic acids is 2. The summed E-state index contributed by atoms with van der Waals surface area (Å²) in [5.41, 5.74) is -0.190. The Kier molecular flexibility index (Phi) is 2.98. The summed E-state index contributed by atoms with van der Waals surface area (Å²) in [6.07, 6.45) is 0. The van der Waals surface area contributed by atoms with E-state index >= 15 is 0 Å². The molecule has 0 radical (unpaired) electrons. The molecule has 0 spiro atoms. The Hall–Kier alpha value is -2.02. The van der Waals surface area contributed by atoms with Gasteiger partial charge in [-0.25, -0.2) is 0 Å². The van der Waals surface area contributed by atoms with Crippen LogP contribution in [0.2, 0.25) is 5.02 Å². The molecule has 0 aliphatic heterocycles. The standard InChI is InChI=1S/C14H7ClO5S/c15-10-6-5-9-11(14(10)21(18,19)20)13(17)8-4-2-1-3-7(8)12(9)16/h1-6H,(H,18,19,20). The molecule has 1 aliphatic rings. The first-order valence-corrected chi connectivity index (χ1v) is 7.62. The van der Waals surface area contributed by atoms with Gasteiger partial charge in [0, 0.05) is 16.7 Å². The smallest absolute Gasteiger partial charge is 0.289 e. The molecule has 21 heavy (non-hydrogen) atoms. The molecule has 1 N–H and O–H groups in total. The van der Waals surface area contributed by atoms with Crippen LogP contribution >= 0.6 is 11.6 Å². The third-order valence-corrected chi connectivity index (χ3v) is 4.62. The molecule has 0 unspecified atom stereocenters. The summed E-state index contributed by atoms with van der Waals surface area (Å²) in [7, 11) is -4.74. The normalized spacial score (nSPS) is 13.8. The zero-order valence-electron chi connectivity index (χ0n) is 10.3. The van der Waals surface area contributed by atoms with Gasteiger partial charge in [-0.2, -0.15) is 8.42 Å². The molecule has 0 saturated carbocycles. The molecule has 0 bridgehead atoms. The maximum absolute atomic E-state index is 12.5. The number of fused-ring (bicyclic) bond motifs is 2. The molecule has 106 valence electrons. The van der Waals surface area contributed by atoms with Crippen LogP contribution in [0.3, 0.4) is 0 Å². The largest absolute Gasteiger partial charge is 0.296 e. The molecule has 0 aromatic heterocycles. The lowest BCUT2D eigenvalue weighted by molar-refractivity contribution is 0.0976. The van der Waals surface area contributed by atoms with Crippen molar-refractivity contribution in [2.45, 2.75) is 4.90 Å². The number of hydrogen-bond acceptors (Lipinski definition) is 4. The van der Waals surface area contributed by atoms with Crippen molar-refractivity contribution in [2.24, 2.45) is 0 Å². The highest BCUT2D eigenvalue weighted by molar-refractivity contribution is 7.86. The van der Waals surface area contributed by atoms with Crippen molar-refractivity contribution in [2.75, 3.05) is 0 Å². The van der Waals surface area contributed by atoms with Crippen molar-refractivity contribution in [3.05, 3.63) is 63.7 Å². The zero-order valence-corrected chi connectivity index (χ0v) is 11.9. The van der Waals surface area contributed by atoms with Crippen molar-refractivity contribution >= 4 is 33.3 Å². The Morgan fingerprint density at radius 3 is 2.00 bits per heavy atom. The van der Waals surface area contributed by atoms with E-state index in [9.17, 15) is 22.6 Å². The van der Waals surface area contributed by atoms with Gasteiger partial charge >= 0.3 is 0 Å². The maximum atomic E-state index is 12.5. The Labute approximate surface area is 124 Å². The van der Waals surface area contributed by atoms with E-state index in [2.05, 4.69) is 0 Å². The molecule has 7 heteroatoms. The summed E-state index contributed by atoms with van der Waals surface area (Å²) in [5, 5.41) is -0.309. The molecule has 0 saturated heterocycles. The minimum absolute atomic E-state index is 0.0853. The van der Waals surface area contributed by atoms with Gasteiger partial charge in [0.25, 0.3) is 10.1 Å². The minimum Gasteiger partial charge on any atom is -0.289 e. The topological polar surface area (TPSA) is 88.5 Å². The second-order valence-electron chi connectivity index (χ2n) is 4.48. The van der Waals surface area contributed by atoms with Crippen LogP contribution in [0.5, 0.6) is 0 Å². The van der Waals surface area contributed by atoms with E-state index in [0.717, 1.165) is 0 Å². The number of hydrogen-bond donors (Lipinski definition) is 1. The number of benzene rings is 2. The Bertz CT molecular complexity index is 915. The van der Waals surface area contributed by atoms with Gasteiger partial charge in [-0.3, -0.25) is 14.1 Å². The van der Waals surface area contributed by atoms with Gasteiger partial charge in [0.05, 0.1) is 10.6 Å². The summed E-state index contributed by atoms with van der Waals surface area (Å²) < 4.78 is 32.3. The van der Waals surface area contributed by atoms with Crippen LogP contribution in [0.15, 0.2) is 41.3 Å². The summed E-state index contributed by atoms with van der Waals surface area (Å²) in [5.74, 6) is -1.14. The van der Waals surface area contributed by atoms with Gasteiger partial charge in [-0.15, -0.1) is 0 Å². The molecular weight excluding hydrogens is 316 g/mol. The monoisotopic (exact) mass is 322 g/mol. The van der Waals surface area contributed by atoms with Crippen molar-refractivity contribution in [3.8, 4) is 0 Å². The van der Waals surface area contributed by atoms with Gasteiger partial charge in [-0.05, 0) is 12.1 Å². The molecule has 1 aliphatic carbocycles. The van der Waals surface area contributed by atoms with Crippen LogP contribution in [0.25, 0.3) is 0 Å². The lowest BCUT2D eigenvalue weighted by Gasteiger charge is -2.19. The molecule has 0 fully saturated rings. The van der Waals surface area contributed by atoms with Crippen LogP contribution in [-0.4, -0.2) is 24.5 Å². The molecule has 0 heterocycles. The third-order valence-electron chi connectivity index (χ3n) is 3.26. The Morgan fingerprint density at radius 2 is 1.43 bits per heavy atom. The lowest BCUT2D eigenvalue weighted by Crippen LogP contribution is -2.23. The van der Waals surface area contributed by atoms with Crippen molar-refractivity contribution in [3.63, 3.8) is 0 Å². The van der Waals surface area contributed by atoms with Crippen LogP contribution in [0.4, 0.5) is 0 Å². The van der Waals surface area contributed by atoms with Crippen LogP contribution in [-0.2, 0) is 10.1 Å². The van der Waals surface area contributed by atoms with Crippen molar-refractivity contribution < 1.29 is 22.6 Å². The summed E-state index contributed by atoms with van der Waals surface area (Å²) in [4.78, 5) is 24.1. The first kappa shape index (κ1) is 13.9. The maximum Gasteiger partial charge on any atom is 0.296 e. The highest BCUT2D eigenvalue weighted by Crippen LogP contribution is 2.35. The van der Waals surface area contributed by atoms with Gasteiger partial charge in [0.15, 0.2) is 11.6 Å². The molecule has 2 aromatic rings. The molecule has 5 nitrogen and oxygen atoms in total. The number of halogens is 1. The lowest BCUT2D eigenvalue weighted by atomic mass is 9.84. The van der Waals surface area contributed by atoms with E-state index < -0.39 is 26.6 Å². The minimum atomic E-state index is -4.74. The fraction of sp³-hybridized carbons (Fsp3) is 0. The predicted octanol–water partition coefficient (Wildman–Crippen LogP) is 2.36. The Balaban J connectivity index is 2.45. The number of ketones is 2. The van der Waals surface area contributed by atoms with E-state index in [-0.39, 0.29) is 27.3 Å². The predicted molar refractivity (Wildman–Crippen MR) is 74.6 cm³/mol. The fourth-order valence-electron chi connectivity index (χ4n) is 2.38. The van der Waals surface area contributed by atoms with E-state index in [1.165, 1.54) is 24.3 Å². The van der Waals surface area contributed by atoms with Crippen molar-refractivity contribution in [1.82, 2.24) is 0 Å². The number of carbonyl (C=O) groups is 2. The average molecular weight is 323 g/mol. The molecule has 0 amide bonds. The number of rotatable bonds is 1. The van der Waals surface area contributed by atoms with Crippen molar-refractivity contribution in [1.29, 1.82) is 0 Å². The Morgan fingerprint density at radius 1 is 0.857 bits per heavy atom. The third kappa shape index (κ3) is 1.99. The second kappa shape index (κ2) is 4.49. The van der Waals surface area contributed by atoms with Crippen LogP contribution in [0.1, 0.15) is 31.8 Å². The molecular formula is C14H7ClO5S. The van der Waals surface area contributed by atoms with E-state index in [4.69, 9.17) is 11.6 Å². The zero-order chi connectivity index (χ0) is 15.4. The highest BCUT2D eigenvalue weighted by Gasteiger charge is 2.35. The molecule has 0 atom stereocenters. The average Bonchev–Trinajstić information content (AvgIpc) is 2.43. The first-order valence-electron chi connectivity index (χ1n) is 5.81. The van der Waals surface area contributed by atoms with E-state index in [0.29, 0.717) is 0 Å². The van der Waals surface area contributed by atoms with Gasteiger partial charge in [0.2, 0.25) is 0 Å². The van der Waals surface area contributed by atoms with E-state index in [1.54, 1.807) is 12.1 Å². The van der Waals surface area contributed by atoms with E-state index in [1.807, 2.05) is 0 Å².